The molecule has 108 valence electrons. The summed E-state index contributed by atoms with van der Waals surface area (Å²) in [6.07, 6.45) is 1.84. The highest BCUT2D eigenvalue weighted by molar-refractivity contribution is 7.15. The van der Waals surface area contributed by atoms with E-state index < -0.39 is 0 Å². The zero-order valence-corrected chi connectivity index (χ0v) is 13.7. The first-order valence-corrected chi connectivity index (χ1v) is 7.95. The number of nitrogens with one attached hydrogen (secondary N) is 1. The SMILES string of the molecule is Cc1cccnc1-c1nc(C(C)C)c(CNC(C)C)s1. The first-order valence-electron chi connectivity index (χ1n) is 7.14. The number of rotatable bonds is 5. The summed E-state index contributed by atoms with van der Waals surface area (Å²) in [7, 11) is 0. The number of nitrogens with zero attached hydrogens (tertiary/aromatic N) is 2. The maximum absolute atomic E-state index is 4.83. The second-order valence-electron chi connectivity index (χ2n) is 5.69. The van der Waals surface area contributed by atoms with Crippen molar-refractivity contribution in [3.63, 3.8) is 0 Å². The minimum absolute atomic E-state index is 0.438. The van der Waals surface area contributed by atoms with Crippen LogP contribution in [0.4, 0.5) is 0 Å². The third-order valence-corrected chi connectivity index (χ3v) is 4.24. The fraction of sp³-hybridized carbons (Fsp3) is 0.500. The predicted octanol–water partition coefficient (Wildman–Crippen LogP) is 4.13. The van der Waals surface area contributed by atoms with Crippen molar-refractivity contribution in [1.82, 2.24) is 15.3 Å². The summed E-state index contributed by atoms with van der Waals surface area (Å²) >= 11 is 1.76. The molecule has 0 saturated carbocycles. The molecule has 0 aromatic carbocycles. The molecule has 0 aliphatic heterocycles. The molecule has 0 amide bonds. The first-order chi connectivity index (χ1) is 9.49. The van der Waals surface area contributed by atoms with E-state index in [0.717, 1.165) is 17.2 Å². The van der Waals surface area contributed by atoms with E-state index in [9.17, 15) is 0 Å². The van der Waals surface area contributed by atoms with Gasteiger partial charge in [-0.2, -0.15) is 0 Å². The van der Waals surface area contributed by atoms with E-state index in [0.29, 0.717) is 12.0 Å². The molecule has 0 aliphatic carbocycles. The van der Waals surface area contributed by atoms with Gasteiger partial charge in [-0.3, -0.25) is 4.98 Å². The normalized spacial score (nSPS) is 11.6. The number of aryl methyl sites for hydroxylation is 1. The van der Waals surface area contributed by atoms with Crippen molar-refractivity contribution in [1.29, 1.82) is 0 Å². The van der Waals surface area contributed by atoms with Crippen LogP contribution in [0.25, 0.3) is 10.7 Å². The highest BCUT2D eigenvalue weighted by Crippen LogP contribution is 2.32. The van der Waals surface area contributed by atoms with Gasteiger partial charge >= 0.3 is 0 Å². The molecule has 0 atom stereocenters. The van der Waals surface area contributed by atoms with Gasteiger partial charge in [0.15, 0.2) is 0 Å². The van der Waals surface area contributed by atoms with Crippen LogP contribution in [0, 0.1) is 6.92 Å². The summed E-state index contributed by atoms with van der Waals surface area (Å²) in [5, 5.41) is 4.52. The lowest BCUT2D eigenvalue weighted by Crippen LogP contribution is -2.22. The third-order valence-electron chi connectivity index (χ3n) is 3.16. The van der Waals surface area contributed by atoms with Gasteiger partial charge in [-0.1, -0.05) is 33.8 Å². The fourth-order valence-electron chi connectivity index (χ4n) is 2.05. The number of hydrogen-bond donors (Lipinski definition) is 1. The summed E-state index contributed by atoms with van der Waals surface area (Å²) in [6, 6.07) is 4.54. The molecule has 0 bridgehead atoms. The summed E-state index contributed by atoms with van der Waals surface area (Å²) in [5.41, 5.74) is 3.39. The molecule has 2 aromatic rings. The maximum Gasteiger partial charge on any atom is 0.142 e. The molecule has 0 saturated heterocycles. The van der Waals surface area contributed by atoms with Crippen molar-refractivity contribution in [3.8, 4) is 10.7 Å². The van der Waals surface area contributed by atoms with Crippen LogP contribution in [-0.2, 0) is 6.54 Å². The van der Waals surface area contributed by atoms with E-state index >= 15 is 0 Å². The lowest BCUT2D eigenvalue weighted by molar-refractivity contribution is 0.588. The van der Waals surface area contributed by atoms with E-state index in [1.165, 1.54) is 16.1 Å². The van der Waals surface area contributed by atoms with Gasteiger partial charge in [-0.05, 0) is 24.5 Å². The summed E-state index contributed by atoms with van der Waals surface area (Å²) in [5.74, 6) is 0.438. The smallest absolute Gasteiger partial charge is 0.142 e. The monoisotopic (exact) mass is 289 g/mol. The van der Waals surface area contributed by atoms with Crippen molar-refractivity contribution in [2.45, 2.75) is 53.1 Å². The van der Waals surface area contributed by atoms with Crippen molar-refractivity contribution < 1.29 is 0 Å². The minimum Gasteiger partial charge on any atom is -0.310 e. The van der Waals surface area contributed by atoms with E-state index in [4.69, 9.17) is 4.98 Å². The first kappa shape index (κ1) is 15.1. The molecule has 0 aliphatic rings. The Hall–Kier alpha value is -1.26. The van der Waals surface area contributed by atoms with E-state index in [-0.39, 0.29) is 0 Å². The summed E-state index contributed by atoms with van der Waals surface area (Å²) in [4.78, 5) is 10.6. The number of pyridine rings is 1. The number of thiazole rings is 1. The molecular formula is C16H23N3S. The van der Waals surface area contributed by atoms with Crippen LogP contribution in [-0.4, -0.2) is 16.0 Å². The highest BCUT2D eigenvalue weighted by Gasteiger charge is 2.17. The minimum atomic E-state index is 0.438. The molecule has 0 radical (unpaired) electrons. The maximum atomic E-state index is 4.83. The van der Waals surface area contributed by atoms with Gasteiger partial charge in [0.2, 0.25) is 0 Å². The zero-order chi connectivity index (χ0) is 14.7. The van der Waals surface area contributed by atoms with Crippen LogP contribution < -0.4 is 5.32 Å². The average Bonchev–Trinajstić information content (AvgIpc) is 2.81. The van der Waals surface area contributed by atoms with Gasteiger partial charge in [0, 0.05) is 23.7 Å². The lowest BCUT2D eigenvalue weighted by Gasteiger charge is -2.09. The van der Waals surface area contributed by atoms with Crippen molar-refractivity contribution in [2.75, 3.05) is 0 Å². The molecule has 1 N–H and O–H groups in total. The van der Waals surface area contributed by atoms with Crippen molar-refractivity contribution in [2.24, 2.45) is 0 Å². The molecule has 0 spiro atoms. The summed E-state index contributed by atoms with van der Waals surface area (Å²) < 4.78 is 0. The lowest BCUT2D eigenvalue weighted by atomic mass is 10.1. The van der Waals surface area contributed by atoms with Crippen LogP contribution in [0.15, 0.2) is 18.3 Å². The Labute approximate surface area is 125 Å². The molecular weight excluding hydrogens is 266 g/mol. The predicted molar refractivity (Wildman–Crippen MR) is 86.1 cm³/mol. The van der Waals surface area contributed by atoms with Crippen molar-refractivity contribution in [3.05, 3.63) is 34.5 Å². The Morgan fingerprint density at radius 3 is 2.60 bits per heavy atom. The Morgan fingerprint density at radius 1 is 1.25 bits per heavy atom. The van der Waals surface area contributed by atoms with E-state index in [2.05, 4.69) is 51.0 Å². The molecule has 0 unspecified atom stereocenters. The third kappa shape index (κ3) is 3.44. The van der Waals surface area contributed by atoms with Gasteiger partial charge in [-0.15, -0.1) is 11.3 Å². The molecule has 20 heavy (non-hydrogen) atoms. The Kier molecular flexibility index (Phi) is 4.89. The molecule has 2 rings (SSSR count). The average molecular weight is 289 g/mol. The second kappa shape index (κ2) is 6.46. The van der Waals surface area contributed by atoms with E-state index in [1.807, 2.05) is 12.3 Å². The zero-order valence-electron chi connectivity index (χ0n) is 12.9. The van der Waals surface area contributed by atoms with E-state index in [1.54, 1.807) is 11.3 Å². The Bertz CT molecular complexity index is 573. The number of hydrogen-bond acceptors (Lipinski definition) is 4. The Morgan fingerprint density at radius 2 is 2.00 bits per heavy atom. The van der Waals surface area contributed by atoms with Crippen LogP contribution >= 0.6 is 11.3 Å². The Balaban J connectivity index is 2.36. The largest absolute Gasteiger partial charge is 0.310 e. The molecule has 4 heteroatoms. The topological polar surface area (TPSA) is 37.8 Å². The highest BCUT2D eigenvalue weighted by atomic mass is 32.1. The van der Waals surface area contributed by atoms with Crippen molar-refractivity contribution >= 4 is 11.3 Å². The molecule has 2 heterocycles. The van der Waals surface area contributed by atoms with Crippen LogP contribution in [0.1, 0.15) is 49.7 Å². The van der Waals surface area contributed by atoms with Crippen LogP contribution in [0.2, 0.25) is 0 Å². The van der Waals surface area contributed by atoms with Gasteiger partial charge in [0.1, 0.15) is 10.7 Å². The quantitative estimate of drug-likeness (QED) is 0.899. The fourth-order valence-corrected chi connectivity index (χ4v) is 3.28. The van der Waals surface area contributed by atoms with Gasteiger partial charge in [-0.25, -0.2) is 4.98 Å². The molecule has 3 nitrogen and oxygen atoms in total. The van der Waals surface area contributed by atoms with Gasteiger partial charge in [0.25, 0.3) is 0 Å². The van der Waals surface area contributed by atoms with Gasteiger partial charge < -0.3 is 5.32 Å². The second-order valence-corrected chi connectivity index (χ2v) is 6.77. The van der Waals surface area contributed by atoms with Crippen LogP contribution in [0.3, 0.4) is 0 Å². The van der Waals surface area contributed by atoms with Gasteiger partial charge in [0.05, 0.1) is 5.69 Å². The summed E-state index contributed by atoms with van der Waals surface area (Å²) in [6.45, 7) is 11.7. The molecule has 2 aromatic heterocycles. The standard InChI is InChI=1S/C16H23N3S/c1-10(2)14-13(9-18-11(3)4)20-16(19-14)15-12(5)7-6-8-17-15/h6-8,10-11,18H,9H2,1-5H3. The number of aromatic nitrogens is 2. The van der Waals surface area contributed by atoms with Crippen LogP contribution in [0.5, 0.6) is 0 Å². The molecule has 0 fully saturated rings.